The molecule has 5 heteroatoms. The van der Waals surface area contributed by atoms with Crippen LogP contribution in [0.3, 0.4) is 0 Å². The van der Waals surface area contributed by atoms with Crippen LogP contribution in [-0.2, 0) is 0 Å². The molecule has 3 rings (SSSR count). The van der Waals surface area contributed by atoms with Gasteiger partial charge in [-0.15, -0.1) is 0 Å². The molecule has 1 aromatic rings. The summed E-state index contributed by atoms with van der Waals surface area (Å²) in [6, 6.07) is 8.37. The first-order valence-electron chi connectivity index (χ1n) is 9.24. The summed E-state index contributed by atoms with van der Waals surface area (Å²) in [5.41, 5.74) is 0. The first-order chi connectivity index (χ1) is 11.7. The third-order valence-corrected chi connectivity index (χ3v) is 5.60. The highest BCUT2D eigenvalue weighted by Gasteiger charge is 2.24. The summed E-state index contributed by atoms with van der Waals surface area (Å²) in [5, 5.41) is 0.752. The summed E-state index contributed by atoms with van der Waals surface area (Å²) in [4.78, 5) is 7.70. The molecule has 0 aliphatic carbocycles. The maximum atomic E-state index is 5.89. The number of likely N-dealkylation sites (tertiary alicyclic amines) is 1. The van der Waals surface area contributed by atoms with Crippen molar-refractivity contribution < 1.29 is 4.74 Å². The van der Waals surface area contributed by atoms with Crippen LogP contribution in [0, 0.1) is 0 Å². The van der Waals surface area contributed by atoms with E-state index in [1.165, 1.54) is 45.4 Å². The molecule has 0 spiro atoms. The SMILES string of the molecule is CN1CCCCC1CN1CCN(CCOc2ccc(Cl)cc2)CC1. The Bertz CT molecular complexity index is 488. The monoisotopic (exact) mass is 351 g/mol. The fraction of sp³-hybridized carbons (Fsp3) is 0.684. The van der Waals surface area contributed by atoms with Gasteiger partial charge < -0.3 is 9.64 Å². The zero-order valence-electron chi connectivity index (χ0n) is 14.8. The molecule has 2 aliphatic rings. The summed E-state index contributed by atoms with van der Waals surface area (Å²) in [5.74, 6) is 0.901. The van der Waals surface area contributed by atoms with E-state index in [4.69, 9.17) is 16.3 Å². The molecule has 0 amide bonds. The summed E-state index contributed by atoms with van der Waals surface area (Å²) >= 11 is 5.89. The molecule has 2 aliphatic heterocycles. The molecule has 2 saturated heterocycles. The largest absolute Gasteiger partial charge is 0.492 e. The van der Waals surface area contributed by atoms with Gasteiger partial charge in [-0.05, 0) is 50.7 Å². The normalized spacial score (nSPS) is 24.2. The molecule has 0 N–H and O–H groups in total. The highest BCUT2D eigenvalue weighted by atomic mass is 35.5. The first-order valence-corrected chi connectivity index (χ1v) is 9.62. The van der Waals surface area contributed by atoms with Gasteiger partial charge >= 0.3 is 0 Å². The molecule has 2 heterocycles. The smallest absolute Gasteiger partial charge is 0.119 e. The Balaban J connectivity index is 1.32. The average molecular weight is 352 g/mol. The molecule has 0 saturated carbocycles. The van der Waals surface area contributed by atoms with Gasteiger partial charge in [0.25, 0.3) is 0 Å². The first kappa shape index (κ1) is 18.0. The molecule has 2 fully saturated rings. The zero-order chi connectivity index (χ0) is 16.8. The van der Waals surface area contributed by atoms with Crippen LogP contribution < -0.4 is 4.74 Å². The van der Waals surface area contributed by atoms with E-state index in [2.05, 4.69) is 21.7 Å². The third-order valence-electron chi connectivity index (χ3n) is 5.35. The number of hydrogen-bond acceptors (Lipinski definition) is 4. The van der Waals surface area contributed by atoms with E-state index in [9.17, 15) is 0 Å². The predicted molar refractivity (Wildman–Crippen MR) is 100 cm³/mol. The number of piperidine rings is 1. The molecular weight excluding hydrogens is 322 g/mol. The number of hydrogen-bond donors (Lipinski definition) is 0. The van der Waals surface area contributed by atoms with E-state index < -0.39 is 0 Å². The number of likely N-dealkylation sites (N-methyl/N-ethyl adjacent to an activating group) is 1. The molecule has 1 unspecified atom stereocenters. The van der Waals surface area contributed by atoms with Gasteiger partial charge in [-0.3, -0.25) is 9.80 Å². The minimum atomic E-state index is 0.743. The zero-order valence-corrected chi connectivity index (χ0v) is 15.5. The number of rotatable bonds is 6. The highest BCUT2D eigenvalue weighted by Crippen LogP contribution is 2.17. The minimum absolute atomic E-state index is 0.743. The fourth-order valence-corrected chi connectivity index (χ4v) is 3.82. The Hall–Kier alpha value is -0.810. The number of benzene rings is 1. The van der Waals surface area contributed by atoms with E-state index in [0.29, 0.717) is 0 Å². The van der Waals surface area contributed by atoms with E-state index in [0.717, 1.165) is 43.1 Å². The Morgan fingerprint density at radius 2 is 1.71 bits per heavy atom. The Labute approximate surface area is 151 Å². The lowest BCUT2D eigenvalue weighted by molar-refractivity contribution is 0.0785. The van der Waals surface area contributed by atoms with Crippen LogP contribution in [0.2, 0.25) is 5.02 Å². The highest BCUT2D eigenvalue weighted by molar-refractivity contribution is 6.30. The third kappa shape index (κ3) is 5.35. The Morgan fingerprint density at radius 1 is 1.00 bits per heavy atom. The van der Waals surface area contributed by atoms with Gasteiger partial charge in [-0.2, -0.15) is 0 Å². The van der Waals surface area contributed by atoms with Crippen LogP contribution in [0.15, 0.2) is 24.3 Å². The molecule has 1 atom stereocenters. The maximum Gasteiger partial charge on any atom is 0.119 e. The van der Waals surface area contributed by atoms with Crippen LogP contribution in [-0.4, -0.2) is 80.2 Å². The van der Waals surface area contributed by atoms with Gasteiger partial charge in [0.15, 0.2) is 0 Å². The summed E-state index contributed by atoms with van der Waals surface area (Å²) in [6.45, 7) is 8.93. The molecule has 0 radical (unpaired) electrons. The number of nitrogens with zero attached hydrogens (tertiary/aromatic N) is 3. The molecule has 134 valence electrons. The molecule has 0 bridgehead atoms. The van der Waals surface area contributed by atoms with Crippen molar-refractivity contribution in [1.29, 1.82) is 0 Å². The molecule has 24 heavy (non-hydrogen) atoms. The average Bonchev–Trinajstić information content (AvgIpc) is 2.60. The van der Waals surface area contributed by atoms with Crippen LogP contribution in [0.1, 0.15) is 19.3 Å². The molecule has 1 aromatic carbocycles. The van der Waals surface area contributed by atoms with Gasteiger partial charge in [0, 0.05) is 50.3 Å². The van der Waals surface area contributed by atoms with Gasteiger partial charge in [0.1, 0.15) is 12.4 Å². The molecule has 0 aromatic heterocycles. The quantitative estimate of drug-likeness (QED) is 0.784. The summed E-state index contributed by atoms with van der Waals surface area (Å²) < 4.78 is 5.81. The minimum Gasteiger partial charge on any atom is -0.492 e. The Morgan fingerprint density at radius 3 is 2.42 bits per heavy atom. The van der Waals surface area contributed by atoms with Gasteiger partial charge in [0.05, 0.1) is 0 Å². The lowest BCUT2D eigenvalue weighted by Gasteiger charge is -2.40. The van der Waals surface area contributed by atoms with Gasteiger partial charge in [-0.1, -0.05) is 18.0 Å². The maximum absolute atomic E-state index is 5.89. The number of halogens is 1. The van der Waals surface area contributed by atoms with Crippen molar-refractivity contribution in [3.63, 3.8) is 0 Å². The van der Waals surface area contributed by atoms with Crippen molar-refractivity contribution in [3.05, 3.63) is 29.3 Å². The van der Waals surface area contributed by atoms with Crippen LogP contribution in [0.4, 0.5) is 0 Å². The summed E-state index contributed by atoms with van der Waals surface area (Å²) in [6.07, 6.45) is 4.14. The van der Waals surface area contributed by atoms with E-state index in [1.807, 2.05) is 24.3 Å². The van der Waals surface area contributed by atoms with E-state index in [1.54, 1.807) is 0 Å². The van der Waals surface area contributed by atoms with Crippen molar-refractivity contribution in [2.75, 3.05) is 59.5 Å². The van der Waals surface area contributed by atoms with E-state index >= 15 is 0 Å². The van der Waals surface area contributed by atoms with Gasteiger partial charge in [0.2, 0.25) is 0 Å². The van der Waals surface area contributed by atoms with Crippen molar-refractivity contribution in [1.82, 2.24) is 14.7 Å². The second-order valence-electron chi connectivity index (χ2n) is 7.07. The van der Waals surface area contributed by atoms with Crippen molar-refractivity contribution >= 4 is 11.6 Å². The molecule has 4 nitrogen and oxygen atoms in total. The van der Waals surface area contributed by atoms with Crippen LogP contribution in [0.25, 0.3) is 0 Å². The van der Waals surface area contributed by atoms with Gasteiger partial charge in [-0.25, -0.2) is 0 Å². The number of piperazine rings is 1. The van der Waals surface area contributed by atoms with Crippen molar-refractivity contribution in [3.8, 4) is 5.75 Å². The lowest BCUT2D eigenvalue weighted by Crippen LogP contribution is -2.52. The van der Waals surface area contributed by atoms with Crippen molar-refractivity contribution in [2.24, 2.45) is 0 Å². The Kier molecular flexibility index (Phi) is 6.78. The number of ether oxygens (including phenoxy) is 1. The molecular formula is C19H30ClN3O. The van der Waals surface area contributed by atoms with Crippen LogP contribution in [0.5, 0.6) is 5.75 Å². The predicted octanol–water partition coefficient (Wildman–Crippen LogP) is 2.82. The van der Waals surface area contributed by atoms with Crippen LogP contribution >= 0.6 is 11.6 Å². The fourth-order valence-electron chi connectivity index (χ4n) is 3.69. The second-order valence-corrected chi connectivity index (χ2v) is 7.51. The lowest BCUT2D eigenvalue weighted by atomic mass is 10.0. The van der Waals surface area contributed by atoms with E-state index in [-0.39, 0.29) is 0 Å². The second kappa shape index (κ2) is 9.04. The summed E-state index contributed by atoms with van der Waals surface area (Å²) in [7, 11) is 2.29. The van der Waals surface area contributed by atoms with Crippen molar-refractivity contribution in [2.45, 2.75) is 25.3 Å². The standard InChI is InChI=1S/C19H30ClN3O/c1-21-9-3-2-4-18(21)16-23-12-10-22(11-13-23)14-15-24-19-7-5-17(20)6-8-19/h5-8,18H,2-4,9-16H2,1H3. The topological polar surface area (TPSA) is 19.0 Å².